The van der Waals surface area contributed by atoms with Gasteiger partial charge in [0.2, 0.25) is 0 Å². The molecule has 0 saturated heterocycles. The van der Waals surface area contributed by atoms with Gasteiger partial charge in [0.15, 0.2) is 0 Å². The number of H-pyrrole nitrogens is 1. The number of hydrogen-bond acceptors (Lipinski definition) is 4. The van der Waals surface area contributed by atoms with E-state index in [1.165, 1.54) is 20.4 Å². The molecule has 1 aromatic carbocycles. The number of rotatable bonds is 4. The van der Waals surface area contributed by atoms with Crippen molar-refractivity contribution < 1.29 is 14.4 Å². The Morgan fingerprint density at radius 2 is 1.95 bits per heavy atom. The molecule has 0 aliphatic rings. The average Bonchev–Trinajstić information content (AvgIpc) is 2.95. The molecule has 2 aromatic rings. The molecular formula is C13H15N3O3. The minimum absolute atomic E-state index is 0.283. The molecule has 0 bridgehead atoms. The Bertz CT molecular complexity index is 563. The summed E-state index contributed by atoms with van der Waals surface area (Å²) < 4.78 is 5.09. The molecule has 0 saturated carbocycles. The zero-order valence-electron chi connectivity index (χ0n) is 11.0. The summed E-state index contributed by atoms with van der Waals surface area (Å²) in [5, 5.41) is 1.13. The molecule has 1 heterocycles. The number of ether oxygens (including phenoxy) is 1. The van der Waals surface area contributed by atoms with Gasteiger partial charge in [-0.05, 0) is 24.3 Å². The average molecular weight is 261 g/mol. The van der Waals surface area contributed by atoms with Crippen molar-refractivity contribution in [2.45, 2.75) is 0 Å². The van der Waals surface area contributed by atoms with Crippen LogP contribution in [0.15, 0.2) is 30.5 Å². The summed E-state index contributed by atoms with van der Waals surface area (Å²) in [6.45, 7) is 0. The number of carbonyl (C=O) groups excluding carboxylic acids is 1. The van der Waals surface area contributed by atoms with Gasteiger partial charge in [-0.2, -0.15) is 0 Å². The van der Waals surface area contributed by atoms with Gasteiger partial charge >= 0.3 is 0 Å². The number of nitrogens with one attached hydrogen (secondary N) is 1. The molecule has 0 spiro atoms. The molecule has 6 nitrogen and oxygen atoms in total. The Morgan fingerprint density at radius 3 is 2.53 bits per heavy atom. The van der Waals surface area contributed by atoms with Crippen molar-refractivity contribution in [3.8, 4) is 17.1 Å². The third-order valence-electron chi connectivity index (χ3n) is 2.73. The summed E-state index contributed by atoms with van der Waals surface area (Å²) in [5.41, 5.74) is 1.25. The molecule has 1 N–H and O–H groups in total. The molecule has 100 valence electrons. The first kappa shape index (κ1) is 13.1. The molecule has 0 aliphatic carbocycles. The van der Waals surface area contributed by atoms with Crippen LogP contribution < -0.4 is 4.74 Å². The smallest absolute Gasteiger partial charge is 0.295 e. The predicted molar refractivity (Wildman–Crippen MR) is 69.7 cm³/mol. The van der Waals surface area contributed by atoms with E-state index >= 15 is 0 Å². The molecule has 0 atom stereocenters. The van der Waals surface area contributed by atoms with Gasteiger partial charge in [0.1, 0.15) is 17.3 Å². The van der Waals surface area contributed by atoms with Gasteiger partial charge in [-0.1, -0.05) is 0 Å². The van der Waals surface area contributed by atoms with Gasteiger partial charge in [-0.25, -0.2) is 10.0 Å². The first-order chi connectivity index (χ1) is 9.15. The van der Waals surface area contributed by atoms with Gasteiger partial charge in [-0.15, -0.1) is 0 Å². The minimum Gasteiger partial charge on any atom is -0.497 e. The summed E-state index contributed by atoms with van der Waals surface area (Å²) in [6.07, 6.45) is 1.48. The van der Waals surface area contributed by atoms with Gasteiger partial charge in [0.25, 0.3) is 5.91 Å². The lowest BCUT2D eigenvalue weighted by molar-refractivity contribution is -0.0760. The van der Waals surface area contributed by atoms with Crippen molar-refractivity contribution in [1.29, 1.82) is 0 Å². The van der Waals surface area contributed by atoms with E-state index in [-0.39, 0.29) is 5.91 Å². The second-order valence-electron chi connectivity index (χ2n) is 3.86. The molecule has 0 aliphatic heterocycles. The first-order valence-electron chi connectivity index (χ1n) is 5.67. The van der Waals surface area contributed by atoms with E-state index in [0.29, 0.717) is 11.5 Å². The lowest BCUT2D eigenvalue weighted by atomic mass is 10.2. The molecule has 0 fully saturated rings. The lowest BCUT2D eigenvalue weighted by Crippen LogP contribution is -2.25. The highest BCUT2D eigenvalue weighted by Crippen LogP contribution is 2.19. The third-order valence-corrected chi connectivity index (χ3v) is 2.73. The standard InChI is InChI=1S/C13H15N3O3/c1-16(19-3)13(17)11-8-14-12(15-11)9-4-6-10(18-2)7-5-9/h4-8H,1-3H3,(H,14,15). The summed E-state index contributed by atoms with van der Waals surface area (Å²) in [5.74, 6) is 1.11. The summed E-state index contributed by atoms with van der Waals surface area (Å²) in [6, 6.07) is 7.40. The number of imidazole rings is 1. The topological polar surface area (TPSA) is 67.4 Å². The number of carbonyl (C=O) groups is 1. The van der Waals surface area contributed by atoms with Crippen LogP contribution >= 0.6 is 0 Å². The number of amides is 1. The molecule has 1 amide bonds. The second kappa shape index (κ2) is 5.53. The second-order valence-corrected chi connectivity index (χ2v) is 3.86. The normalized spacial score (nSPS) is 10.3. The minimum atomic E-state index is -0.283. The van der Waals surface area contributed by atoms with E-state index in [1.807, 2.05) is 24.3 Å². The molecule has 19 heavy (non-hydrogen) atoms. The van der Waals surface area contributed by atoms with E-state index in [9.17, 15) is 4.79 Å². The van der Waals surface area contributed by atoms with Crippen molar-refractivity contribution in [3.63, 3.8) is 0 Å². The van der Waals surface area contributed by atoms with Crippen molar-refractivity contribution >= 4 is 5.91 Å². The van der Waals surface area contributed by atoms with E-state index in [4.69, 9.17) is 9.57 Å². The maximum Gasteiger partial charge on any atom is 0.295 e. The maximum atomic E-state index is 11.8. The Labute approximate surface area is 110 Å². The predicted octanol–water partition coefficient (Wildman–Crippen LogP) is 1.72. The zero-order chi connectivity index (χ0) is 13.8. The van der Waals surface area contributed by atoms with Gasteiger partial charge < -0.3 is 9.72 Å². The number of hydrogen-bond donors (Lipinski definition) is 1. The largest absolute Gasteiger partial charge is 0.497 e. The van der Waals surface area contributed by atoms with Crippen LogP contribution in [0.1, 0.15) is 10.5 Å². The SMILES string of the molecule is COc1ccc(-c2ncc(C(=O)N(C)OC)[nH]2)cc1. The fourth-order valence-corrected chi connectivity index (χ4v) is 1.58. The van der Waals surface area contributed by atoms with Crippen LogP contribution in [0.25, 0.3) is 11.4 Å². The van der Waals surface area contributed by atoms with Gasteiger partial charge in [0.05, 0.1) is 20.4 Å². The number of methoxy groups -OCH3 is 1. The number of benzene rings is 1. The van der Waals surface area contributed by atoms with Crippen LogP contribution in [0, 0.1) is 0 Å². The highest BCUT2D eigenvalue weighted by Gasteiger charge is 2.14. The number of hydroxylamine groups is 2. The molecule has 0 radical (unpaired) electrons. The van der Waals surface area contributed by atoms with Gasteiger partial charge in [-0.3, -0.25) is 9.63 Å². The zero-order valence-corrected chi connectivity index (χ0v) is 11.0. The lowest BCUT2D eigenvalue weighted by Gasteiger charge is -2.11. The molecule has 0 unspecified atom stereocenters. The van der Waals surface area contributed by atoms with Crippen LogP contribution in [-0.2, 0) is 4.84 Å². The van der Waals surface area contributed by atoms with Crippen LogP contribution in [0.2, 0.25) is 0 Å². The number of aromatic nitrogens is 2. The number of nitrogens with zero attached hydrogens (tertiary/aromatic N) is 2. The monoisotopic (exact) mass is 261 g/mol. The van der Waals surface area contributed by atoms with Crippen molar-refractivity contribution in [3.05, 3.63) is 36.2 Å². The highest BCUT2D eigenvalue weighted by atomic mass is 16.7. The molecule has 6 heteroatoms. The summed E-state index contributed by atoms with van der Waals surface area (Å²) in [7, 11) is 4.58. The van der Waals surface area contributed by atoms with Gasteiger partial charge in [0, 0.05) is 12.6 Å². The van der Waals surface area contributed by atoms with Crippen molar-refractivity contribution in [2.24, 2.45) is 0 Å². The third kappa shape index (κ3) is 2.74. The maximum absolute atomic E-state index is 11.8. The van der Waals surface area contributed by atoms with E-state index in [1.54, 1.807) is 7.11 Å². The Kier molecular flexibility index (Phi) is 3.82. The molecular weight excluding hydrogens is 246 g/mol. The quantitative estimate of drug-likeness (QED) is 0.851. The van der Waals surface area contributed by atoms with Crippen LogP contribution in [0.3, 0.4) is 0 Å². The van der Waals surface area contributed by atoms with Crippen LogP contribution in [0.4, 0.5) is 0 Å². The van der Waals surface area contributed by atoms with Crippen LogP contribution in [-0.4, -0.2) is 42.2 Å². The highest BCUT2D eigenvalue weighted by molar-refractivity contribution is 5.91. The Balaban J connectivity index is 2.22. The molecule has 2 rings (SSSR count). The van der Waals surface area contributed by atoms with Crippen molar-refractivity contribution in [2.75, 3.05) is 21.3 Å². The van der Waals surface area contributed by atoms with E-state index in [0.717, 1.165) is 16.4 Å². The molecule has 1 aromatic heterocycles. The Hall–Kier alpha value is -2.34. The fraction of sp³-hybridized carbons (Fsp3) is 0.231. The van der Waals surface area contributed by atoms with E-state index in [2.05, 4.69) is 9.97 Å². The summed E-state index contributed by atoms with van der Waals surface area (Å²) >= 11 is 0. The van der Waals surface area contributed by atoms with Crippen molar-refractivity contribution in [1.82, 2.24) is 15.0 Å². The number of aromatic amines is 1. The van der Waals surface area contributed by atoms with Crippen LogP contribution in [0.5, 0.6) is 5.75 Å². The summed E-state index contributed by atoms with van der Waals surface area (Å²) in [4.78, 5) is 23.8. The fourth-order valence-electron chi connectivity index (χ4n) is 1.58. The van der Waals surface area contributed by atoms with E-state index < -0.39 is 0 Å². The first-order valence-corrected chi connectivity index (χ1v) is 5.67. The Morgan fingerprint density at radius 1 is 1.26 bits per heavy atom.